The molecule has 3 aromatic rings. The maximum Gasteiger partial charge on any atom is 0.293 e. The average molecular weight is 512 g/mol. The van der Waals surface area contributed by atoms with Crippen LogP contribution in [0, 0.1) is 5.92 Å². The minimum Gasteiger partial charge on any atom is -0.478 e. The summed E-state index contributed by atoms with van der Waals surface area (Å²) < 4.78 is 7.35. The van der Waals surface area contributed by atoms with Gasteiger partial charge in [-0.25, -0.2) is 4.98 Å². The second-order valence-corrected chi connectivity index (χ2v) is 9.57. The Labute approximate surface area is 214 Å². The Balaban J connectivity index is 1.45. The summed E-state index contributed by atoms with van der Waals surface area (Å²) in [5.41, 5.74) is 1.35. The molecule has 5 rings (SSSR count). The third-order valence-corrected chi connectivity index (χ3v) is 6.83. The maximum absolute atomic E-state index is 13.2. The first-order valence-corrected chi connectivity index (χ1v) is 12.7. The first-order chi connectivity index (χ1) is 17.5. The molecule has 11 heteroatoms. The number of ether oxygens (including phenoxy) is 1. The second kappa shape index (κ2) is 10.7. The molecule has 2 fully saturated rings. The lowest BCUT2D eigenvalue weighted by Gasteiger charge is -2.27. The molecule has 3 heterocycles. The number of benzene rings is 1. The van der Waals surface area contributed by atoms with Crippen molar-refractivity contribution < 1.29 is 9.53 Å². The van der Waals surface area contributed by atoms with Gasteiger partial charge >= 0.3 is 0 Å². The molecule has 10 nitrogen and oxygen atoms in total. The number of carbonyl (C=O) groups is 1. The normalized spacial score (nSPS) is 15.7. The van der Waals surface area contributed by atoms with E-state index in [9.17, 15) is 9.59 Å². The quantitative estimate of drug-likeness (QED) is 0.401. The van der Waals surface area contributed by atoms with Crippen molar-refractivity contribution in [3.63, 3.8) is 0 Å². The van der Waals surface area contributed by atoms with Crippen molar-refractivity contribution in [2.24, 2.45) is 5.92 Å². The minimum atomic E-state index is -0.298. The first kappa shape index (κ1) is 24.3. The van der Waals surface area contributed by atoms with E-state index in [1.807, 2.05) is 18.2 Å². The number of pyridine rings is 1. The summed E-state index contributed by atoms with van der Waals surface area (Å²) in [5.74, 6) is 1.67. The molecule has 1 amide bonds. The van der Waals surface area contributed by atoms with Crippen molar-refractivity contribution >= 4 is 45.9 Å². The topological polar surface area (TPSA) is 113 Å². The SMILES string of the molecule is CNC(=O)COc1cc2cc(Nc3nc(N4CCNCC4)ncc3Cl)ccc2n(CCC2CC2)c1=O. The smallest absolute Gasteiger partial charge is 0.293 e. The number of hydrogen-bond donors (Lipinski definition) is 3. The van der Waals surface area contributed by atoms with E-state index < -0.39 is 0 Å². The third kappa shape index (κ3) is 5.55. The molecule has 0 radical (unpaired) electrons. The molecule has 1 aliphatic heterocycles. The van der Waals surface area contributed by atoms with Gasteiger partial charge in [-0.2, -0.15) is 4.98 Å². The molecule has 190 valence electrons. The monoisotopic (exact) mass is 511 g/mol. The number of rotatable bonds is 9. The molecule has 1 aliphatic carbocycles. The Kier molecular flexibility index (Phi) is 7.24. The molecule has 36 heavy (non-hydrogen) atoms. The molecule has 0 unspecified atom stereocenters. The molecular formula is C25H30ClN7O3. The summed E-state index contributed by atoms with van der Waals surface area (Å²) in [6, 6.07) is 7.44. The van der Waals surface area contributed by atoms with Gasteiger partial charge in [0.05, 0.1) is 11.7 Å². The fourth-order valence-electron chi connectivity index (χ4n) is 4.30. The van der Waals surface area contributed by atoms with E-state index in [0.29, 0.717) is 29.3 Å². The summed E-state index contributed by atoms with van der Waals surface area (Å²) in [6.45, 7) is 3.81. The number of nitrogens with zero attached hydrogens (tertiary/aromatic N) is 4. The Morgan fingerprint density at radius 2 is 2.06 bits per heavy atom. The lowest BCUT2D eigenvalue weighted by Crippen LogP contribution is -2.44. The number of nitrogens with one attached hydrogen (secondary N) is 3. The number of aryl methyl sites for hydroxylation is 1. The largest absolute Gasteiger partial charge is 0.478 e. The lowest BCUT2D eigenvalue weighted by molar-refractivity contribution is -0.122. The fraction of sp³-hybridized carbons (Fsp3) is 0.440. The summed E-state index contributed by atoms with van der Waals surface area (Å²) in [5, 5.41) is 10.4. The highest BCUT2D eigenvalue weighted by molar-refractivity contribution is 6.32. The summed E-state index contributed by atoms with van der Waals surface area (Å²) in [7, 11) is 1.53. The highest BCUT2D eigenvalue weighted by Crippen LogP contribution is 2.33. The molecular weight excluding hydrogens is 482 g/mol. The second-order valence-electron chi connectivity index (χ2n) is 9.16. The van der Waals surface area contributed by atoms with Gasteiger partial charge in [0.1, 0.15) is 5.02 Å². The van der Waals surface area contributed by atoms with Crippen molar-refractivity contribution in [1.82, 2.24) is 25.2 Å². The Hall–Kier alpha value is -3.37. The minimum absolute atomic E-state index is 0.153. The van der Waals surface area contributed by atoms with Gasteiger partial charge in [0.15, 0.2) is 18.2 Å². The zero-order valence-corrected chi connectivity index (χ0v) is 21.0. The van der Waals surface area contributed by atoms with Gasteiger partial charge in [-0.1, -0.05) is 24.4 Å². The Morgan fingerprint density at radius 3 is 2.81 bits per heavy atom. The molecule has 0 spiro atoms. The van der Waals surface area contributed by atoms with E-state index in [1.165, 1.54) is 19.9 Å². The zero-order chi connectivity index (χ0) is 25.1. The van der Waals surface area contributed by atoms with Crippen LogP contribution < -0.4 is 31.1 Å². The lowest BCUT2D eigenvalue weighted by atomic mass is 10.1. The van der Waals surface area contributed by atoms with Crippen LogP contribution in [0.3, 0.4) is 0 Å². The third-order valence-electron chi connectivity index (χ3n) is 6.55. The standard InChI is InChI=1S/C25H30ClN7O3/c1-27-22(34)15-36-21-13-17-12-18(4-5-20(17)33(24(21)35)9-6-16-2-3-16)30-23-19(26)14-29-25(31-23)32-10-7-28-8-11-32/h4-5,12-14,16,28H,2-3,6-11,15H2,1H3,(H,27,34)(H,29,30,31). The van der Waals surface area contributed by atoms with Crippen molar-refractivity contribution in [2.75, 3.05) is 50.1 Å². The number of aromatic nitrogens is 3. The maximum atomic E-state index is 13.2. The molecule has 1 saturated heterocycles. The van der Waals surface area contributed by atoms with Gasteiger partial charge in [0, 0.05) is 50.8 Å². The van der Waals surface area contributed by atoms with E-state index in [2.05, 4.69) is 30.8 Å². The predicted molar refractivity (Wildman–Crippen MR) is 141 cm³/mol. The molecule has 3 N–H and O–H groups in total. The number of halogens is 1. The number of fused-ring (bicyclic) bond motifs is 1. The number of hydrogen-bond acceptors (Lipinski definition) is 8. The van der Waals surface area contributed by atoms with E-state index in [4.69, 9.17) is 16.3 Å². The first-order valence-electron chi connectivity index (χ1n) is 12.3. The highest BCUT2D eigenvalue weighted by atomic mass is 35.5. The number of amides is 1. The van der Waals surface area contributed by atoms with Gasteiger partial charge in [-0.15, -0.1) is 0 Å². The van der Waals surface area contributed by atoms with Gasteiger partial charge in [0.25, 0.3) is 11.5 Å². The summed E-state index contributed by atoms with van der Waals surface area (Å²) in [6.07, 6.45) is 4.97. The van der Waals surface area contributed by atoms with Crippen molar-refractivity contribution in [3.8, 4) is 5.75 Å². The van der Waals surface area contributed by atoms with Crippen LogP contribution in [0.15, 0.2) is 35.3 Å². The fourth-order valence-corrected chi connectivity index (χ4v) is 4.44. The van der Waals surface area contributed by atoms with Crippen LogP contribution in [0.1, 0.15) is 19.3 Å². The molecule has 0 atom stereocenters. The van der Waals surface area contributed by atoms with Crippen LogP contribution in [0.5, 0.6) is 5.75 Å². The van der Waals surface area contributed by atoms with Crippen molar-refractivity contribution in [1.29, 1.82) is 0 Å². The van der Waals surface area contributed by atoms with E-state index in [-0.39, 0.29) is 23.8 Å². The molecule has 1 aromatic carbocycles. The molecule has 2 aromatic heterocycles. The Bertz CT molecular complexity index is 1320. The summed E-state index contributed by atoms with van der Waals surface area (Å²) >= 11 is 6.41. The summed E-state index contributed by atoms with van der Waals surface area (Å²) in [4.78, 5) is 36.1. The van der Waals surface area contributed by atoms with Crippen molar-refractivity contribution in [2.45, 2.75) is 25.8 Å². The van der Waals surface area contributed by atoms with Crippen LogP contribution in [0.25, 0.3) is 10.9 Å². The Morgan fingerprint density at radius 1 is 1.25 bits per heavy atom. The number of anilines is 3. The van der Waals surface area contributed by atoms with E-state index in [0.717, 1.165) is 49.2 Å². The van der Waals surface area contributed by atoms with Crippen LogP contribution >= 0.6 is 11.6 Å². The van der Waals surface area contributed by atoms with Gasteiger partial charge in [-0.05, 0) is 36.6 Å². The van der Waals surface area contributed by atoms with Crippen molar-refractivity contribution in [3.05, 3.63) is 45.8 Å². The van der Waals surface area contributed by atoms with Gasteiger partial charge in [0.2, 0.25) is 5.95 Å². The van der Waals surface area contributed by atoms with Gasteiger partial charge in [-0.3, -0.25) is 9.59 Å². The number of carbonyl (C=O) groups excluding carboxylic acids is 1. The van der Waals surface area contributed by atoms with Crippen LogP contribution in [0.2, 0.25) is 5.02 Å². The van der Waals surface area contributed by atoms with Crippen LogP contribution in [-0.2, 0) is 11.3 Å². The van der Waals surface area contributed by atoms with Crippen LogP contribution in [-0.4, -0.2) is 60.3 Å². The van der Waals surface area contributed by atoms with Gasteiger partial charge < -0.3 is 30.2 Å². The molecule has 0 bridgehead atoms. The molecule has 2 aliphatic rings. The number of likely N-dealkylation sites (N-methyl/N-ethyl adjacent to an activating group) is 1. The number of piperazine rings is 1. The average Bonchev–Trinajstić information content (AvgIpc) is 3.73. The predicted octanol–water partition coefficient (Wildman–Crippen LogP) is 2.52. The zero-order valence-electron chi connectivity index (χ0n) is 20.2. The van der Waals surface area contributed by atoms with E-state index in [1.54, 1.807) is 16.8 Å². The molecule has 1 saturated carbocycles. The van der Waals surface area contributed by atoms with Crippen LogP contribution in [0.4, 0.5) is 17.5 Å². The van der Waals surface area contributed by atoms with E-state index >= 15 is 0 Å². The highest BCUT2D eigenvalue weighted by Gasteiger charge is 2.22.